The van der Waals surface area contributed by atoms with Crippen molar-refractivity contribution in [3.8, 4) is 0 Å². The van der Waals surface area contributed by atoms with Crippen LogP contribution in [0.2, 0.25) is 0 Å². The van der Waals surface area contributed by atoms with Gasteiger partial charge in [0.05, 0.1) is 4.90 Å². The van der Waals surface area contributed by atoms with E-state index < -0.39 is 10.0 Å². The van der Waals surface area contributed by atoms with Crippen LogP contribution in [0.25, 0.3) is 0 Å². The second kappa shape index (κ2) is 6.39. The van der Waals surface area contributed by atoms with Crippen LogP contribution in [0.4, 0.5) is 0 Å². The van der Waals surface area contributed by atoms with E-state index in [1.54, 1.807) is 16.4 Å². The van der Waals surface area contributed by atoms with Gasteiger partial charge in [-0.3, -0.25) is 0 Å². The van der Waals surface area contributed by atoms with Crippen molar-refractivity contribution in [1.82, 2.24) is 4.31 Å². The van der Waals surface area contributed by atoms with Crippen LogP contribution in [-0.4, -0.2) is 25.8 Å². The molecule has 0 spiro atoms. The first-order valence-corrected chi connectivity index (χ1v) is 9.45. The molecule has 1 aromatic rings. The Kier molecular flexibility index (Phi) is 4.50. The summed E-state index contributed by atoms with van der Waals surface area (Å²) in [5, 5.41) is 0. The summed E-state index contributed by atoms with van der Waals surface area (Å²) in [4.78, 5) is 0.387. The van der Waals surface area contributed by atoms with Gasteiger partial charge in [0.15, 0.2) is 0 Å². The summed E-state index contributed by atoms with van der Waals surface area (Å²) in [6.07, 6.45) is 10.5. The molecule has 1 heterocycles. The Morgan fingerprint density at radius 1 is 1.05 bits per heavy atom. The third kappa shape index (κ3) is 3.33. The molecule has 1 aromatic carbocycles. The molecule has 1 saturated carbocycles. The summed E-state index contributed by atoms with van der Waals surface area (Å²) in [6.45, 7) is 2.94. The minimum absolute atomic E-state index is 0.387. The zero-order chi connectivity index (χ0) is 15.6. The normalized spacial score (nSPS) is 20.0. The average molecular weight is 317 g/mol. The van der Waals surface area contributed by atoms with Crippen molar-refractivity contribution in [2.45, 2.75) is 43.9 Å². The predicted octanol–water partition coefficient (Wildman–Crippen LogP) is 3.82. The fourth-order valence-corrected chi connectivity index (χ4v) is 4.48. The van der Waals surface area contributed by atoms with Crippen LogP contribution in [0.3, 0.4) is 0 Å². The second-order valence-electron chi connectivity index (χ2n) is 6.25. The van der Waals surface area contributed by atoms with Crippen molar-refractivity contribution in [3.63, 3.8) is 0 Å². The zero-order valence-corrected chi connectivity index (χ0v) is 13.9. The molecular formula is C18H23NO2S. The number of nitrogens with zero attached hydrogens (tertiary/aromatic N) is 1. The Hall–Kier alpha value is -1.39. The first-order chi connectivity index (χ1) is 10.6. The number of benzene rings is 1. The third-order valence-electron chi connectivity index (χ3n) is 4.46. The minimum Gasteiger partial charge on any atom is -0.207 e. The Morgan fingerprint density at radius 3 is 2.41 bits per heavy atom. The molecule has 0 unspecified atom stereocenters. The predicted molar refractivity (Wildman–Crippen MR) is 89.2 cm³/mol. The van der Waals surface area contributed by atoms with E-state index >= 15 is 0 Å². The summed E-state index contributed by atoms with van der Waals surface area (Å²) in [5.74, 6) is 0. The highest BCUT2D eigenvalue weighted by Crippen LogP contribution is 2.27. The van der Waals surface area contributed by atoms with Gasteiger partial charge >= 0.3 is 0 Å². The molecule has 118 valence electrons. The van der Waals surface area contributed by atoms with Gasteiger partial charge in [-0.05, 0) is 50.3 Å². The lowest BCUT2D eigenvalue weighted by molar-refractivity contribution is 0.485. The molecule has 3 rings (SSSR count). The molecule has 4 heteroatoms. The quantitative estimate of drug-likeness (QED) is 0.850. The Balaban J connectivity index is 1.71. The smallest absolute Gasteiger partial charge is 0.207 e. The van der Waals surface area contributed by atoms with E-state index in [0.717, 1.165) is 11.1 Å². The molecule has 0 atom stereocenters. The lowest BCUT2D eigenvalue weighted by Gasteiger charge is -2.17. The van der Waals surface area contributed by atoms with Gasteiger partial charge in [0, 0.05) is 13.1 Å². The average Bonchev–Trinajstić information content (AvgIpc) is 2.98. The van der Waals surface area contributed by atoms with Crippen LogP contribution in [0, 0.1) is 6.92 Å². The molecule has 0 radical (unpaired) electrons. The Bertz CT molecular complexity index is 691. The van der Waals surface area contributed by atoms with E-state index in [9.17, 15) is 8.42 Å². The van der Waals surface area contributed by atoms with Gasteiger partial charge in [0.2, 0.25) is 10.0 Å². The molecule has 0 aromatic heterocycles. The zero-order valence-electron chi connectivity index (χ0n) is 13.1. The van der Waals surface area contributed by atoms with E-state index in [0.29, 0.717) is 18.0 Å². The molecule has 0 N–H and O–H groups in total. The highest BCUT2D eigenvalue weighted by molar-refractivity contribution is 7.89. The van der Waals surface area contributed by atoms with Crippen LogP contribution in [0.15, 0.2) is 52.5 Å². The monoisotopic (exact) mass is 317 g/mol. The molecule has 1 aliphatic carbocycles. The largest absolute Gasteiger partial charge is 0.243 e. The summed E-state index contributed by atoms with van der Waals surface area (Å²) in [6, 6.07) is 7.09. The highest BCUT2D eigenvalue weighted by Gasteiger charge is 2.27. The van der Waals surface area contributed by atoms with E-state index in [1.165, 1.54) is 37.7 Å². The molecular weight excluding hydrogens is 294 g/mol. The first-order valence-electron chi connectivity index (χ1n) is 8.01. The molecule has 0 amide bonds. The SMILES string of the molecule is Cc1ccc(S(=O)(=O)N2CC=C(C=C3CCCCC3)C2)cc1. The molecule has 22 heavy (non-hydrogen) atoms. The number of hydrogen-bond donors (Lipinski definition) is 0. The lowest BCUT2D eigenvalue weighted by Crippen LogP contribution is -2.29. The van der Waals surface area contributed by atoms with Gasteiger partial charge in [-0.15, -0.1) is 0 Å². The second-order valence-corrected chi connectivity index (χ2v) is 8.19. The third-order valence-corrected chi connectivity index (χ3v) is 6.29. The van der Waals surface area contributed by atoms with E-state index in [-0.39, 0.29) is 0 Å². The molecule has 2 aliphatic rings. The number of rotatable bonds is 3. The molecule has 0 bridgehead atoms. The highest BCUT2D eigenvalue weighted by atomic mass is 32.2. The summed E-state index contributed by atoms with van der Waals surface area (Å²) < 4.78 is 26.9. The maximum atomic E-state index is 12.7. The minimum atomic E-state index is -3.38. The van der Waals surface area contributed by atoms with Gasteiger partial charge < -0.3 is 0 Å². The Labute approximate surface area is 133 Å². The van der Waals surface area contributed by atoms with Gasteiger partial charge in [-0.1, -0.05) is 41.8 Å². The van der Waals surface area contributed by atoms with Crippen LogP contribution < -0.4 is 0 Å². The maximum absolute atomic E-state index is 12.7. The topological polar surface area (TPSA) is 37.4 Å². The van der Waals surface area contributed by atoms with E-state index in [2.05, 4.69) is 6.08 Å². The van der Waals surface area contributed by atoms with Crippen molar-refractivity contribution < 1.29 is 8.42 Å². The summed E-state index contributed by atoms with van der Waals surface area (Å²) in [5.41, 5.74) is 3.70. The number of allylic oxidation sites excluding steroid dienone is 1. The number of hydrogen-bond acceptors (Lipinski definition) is 2. The number of sulfonamides is 1. The van der Waals surface area contributed by atoms with E-state index in [4.69, 9.17) is 0 Å². The van der Waals surface area contributed by atoms with Crippen molar-refractivity contribution in [2.24, 2.45) is 0 Å². The fourth-order valence-electron chi connectivity index (χ4n) is 3.11. The van der Waals surface area contributed by atoms with Crippen LogP contribution in [0.1, 0.15) is 37.7 Å². The van der Waals surface area contributed by atoms with Crippen molar-refractivity contribution >= 4 is 10.0 Å². The van der Waals surface area contributed by atoms with Gasteiger partial charge in [0.1, 0.15) is 0 Å². The molecule has 3 nitrogen and oxygen atoms in total. The van der Waals surface area contributed by atoms with Crippen LogP contribution in [-0.2, 0) is 10.0 Å². The maximum Gasteiger partial charge on any atom is 0.243 e. The lowest BCUT2D eigenvalue weighted by atomic mass is 9.93. The molecule has 1 aliphatic heterocycles. The number of aryl methyl sites for hydroxylation is 1. The van der Waals surface area contributed by atoms with Crippen molar-refractivity contribution in [1.29, 1.82) is 0 Å². The molecule has 0 saturated heterocycles. The van der Waals surface area contributed by atoms with Gasteiger partial charge in [-0.25, -0.2) is 8.42 Å². The summed E-state index contributed by atoms with van der Waals surface area (Å²) in [7, 11) is -3.38. The van der Waals surface area contributed by atoms with Crippen molar-refractivity contribution in [3.05, 3.63) is 53.1 Å². The van der Waals surface area contributed by atoms with Crippen LogP contribution in [0.5, 0.6) is 0 Å². The Morgan fingerprint density at radius 2 is 1.73 bits per heavy atom. The van der Waals surface area contributed by atoms with E-state index in [1.807, 2.05) is 25.1 Å². The summed E-state index contributed by atoms with van der Waals surface area (Å²) >= 11 is 0. The van der Waals surface area contributed by atoms with Crippen molar-refractivity contribution in [2.75, 3.05) is 13.1 Å². The van der Waals surface area contributed by atoms with Gasteiger partial charge in [0.25, 0.3) is 0 Å². The standard InChI is InChI=1S/C18H23NO2S/c1-15-7-9-18(10-8-15)22(20,21)19-12-11-17(14-19)13-16-5-3-2-4-6-16/h7-11,13H,2-6,12,14H2,1H3. The first kappa shape index (κ1) is 15.5. The fraction of sp³-hybridized carbons (Fsp3) is 0.444. The molecule has 1 fully saturated rings. The van der Waals surface area contributed by atoms with Crippen LogP contribution >= 0.6 is 0 Å². The van der Waals surface area contributed by atoms with Gasteiger partial charge in [-0.2, -0.15) is 4.31 Å².